The SMILES string of the molecule is CCn1ncc(Cl)c1C(O)c1cc(OC)cs1. The highest BCUT2D eigenvalue weighted by Gasteiger charge is 2.21. The van der Waals surface area contributed by atoms with Gasteiger partial charge in [-0.05, 0) is 13.0 Å². The van der Waals surface area contributed by atoms with Crippen molar-refractivity contribution in [1.29, 1.82) is 0 Å². The van der Waals surface area contributed by atoms with Crippen LogP contribution >= 0.6 is 22.9 Å². The van der Waals surface area contributed by atoms with Crippen molar-refractivity contribution in [1.82, 2.24) is 9.78 Å². The number of aromatic nitrogens is 2. The Balaban J connectivity index is 2.35. The zero-order valence-electron chi connectivity index (χ0n) is 9.55. The van der Waals surface area contributed by atoms with Gasteiger partial charge in [0.05, 0.1) is 24.0 Å². The van der Waals surface area contributed by atoms with Crippen LogP contribution in [0.25, 0.3) is 0 Å². The number of aliphatic hydroxyl groups is 1. The lowest BCUT2D eigenvalue weighted by Crippen LogP contribution is -2.08. The molecule has 2 heterocycles. The predicted octanol–water partition coefficient (Wildman–Crippen LogP) is 2.71. The van der Waals surface area contributed by atoms with Crippen LogP contribution in [0.1, 0.15) is 23.6 Å². The minimum absolute atomic E-state index is 0.478. The minimum Gasteiger partial charge on any atom is -0.496 e. The van der Waals surface area contributed by atoms with Crippen LogP contribution in [0.5, 0.6) is 5.75 Å². The molecule has 4 nitrogen and oxygen atoms in total. The molecule has 17 heavy (non-hydrogen) atoms. The second kappa shape index (κ2) is 5.08. The summed E-state index contributed by atoms with van der Waals surface area (Å²) in [5, 5.41) is 16.7. The summed E-state index contributed by atoms with van der Waals surface area (Å²) in [6.45, 7) is 2.62. The van der Waals surface area contributed by atoms with Crippen molar-refractivity contribution in [3.8, 4) is 5.75 Å². The Morgan fingerprint density at radius 3 is 3.00 bits per heavy atom. The summed E-state index contributed by atoms with van der Waals surface area (Å²) in [5.41, 5.74) is 0.624. The maximum Gasteiger partial charge on any atom is 0.131 e. The molecule has 0 aromatic carbocycles. The number of nitrogens with zero attached hydrogens (tertiary/aromatic N) is 2. The lowest BCUT2D eigenvalue weighted by molar-refractivity contribution is 0.211. The molecular formula is C11H13ClN2O2S. The van der Waals surface area contributed by atoms with Gasteiger partial charge in [-0.2, -0.15) is 5.10 Å². The lowest BCUT2D eigenvalue weighted by Gasteiger charge is -2.11. The highest BCUT2D eigenvalue weighted by atomic mass is 35.5. The number of methoxy groups -OCH3 is 1. The molecule has 0 aliphatic heterocycles. The van der Waals surface area contributed by atoms with E-state index in [1.165, 1.54) is 11.3 Å². The first-order valence-corrected chi connectivity index (χ1v) is 6.44. The van der Waals surface area contributed by atoms with E-state index in [1.54, 1.807) is 24.1 Å². The molecule has 0 radical (unpaired) electrons. The van der Waals surface area contributed by atoms with Gasteiger partial charge in [-0.15, -0.1) is 11.3 Å². The summed E-state index contributed by atoms with van der Waals surface area (Å²) in [7, 11) is 1.60. The number of hydrogen-bond acceptors (Lipinski definition) is 4. The highest BCUT2D eigenvalue weighted by molar-refractivity contribution is 7.10. The van der Waals surface area contributed by atoms with Crippen LogP contribution in [0.4, 0.5) is 0 Å². The Morgan fingerprint density at radius 2 is 2.41 bits per heavy atom. The highest BCUT2D eigenvalue weighted by Crippen LogP contribution is 2.33. The number of halogens is 1. The zero-order valence-corrected chi connectivity index (χ0v) is 11.1. The van der Waals surface area contributed by atoms with Crippen molar-refractivity contribution in [2.75, 3.05) is 7.11 Å². The van der Waals surface area contributed by atoms with Gasteiger partial charge in [0, 0.05) is 16.8 Å². The third-order valence-corrected chi connectivity index (χ3v) is 3.75. The predicted molar refractivity (Wildman–Crippen MR) is 67.8 cm³/mol. The van der Waals surface area contributed by atoms with E-state index in [1.807, 2.05) is 12.3 Å². The molecule has 0 fully saturated rings. The number of hydrogen-bond donors (Lipinski definition) is 1. The third-order valence-electron chi connectivity index (χ3n) is 2.49. The van der Waals surface area contributed by atoms with Crippen LogP contribution in [-0.2, 0) is 6.54 Å². The van der Waals surface area contributed by atoms with Gasteiger partial charge in [0.1, 0.15) is 11.9 Å². The fourth-order valence-corrected chi connectivity index (χ4v) is 2.70. The van der Waals surface area contributed by atoms with Gasteiger partial charge < -0.3 is 9.84 Å². The largest absolute Gasteiger partial charge is 0.496 e. The van der Waals surface area contributed by atoms with Crippen LogP contribution < -0.4 is 4.74 Å². The van der Waals surface area contributed by atoms with Gasteiger partial charge in [-0.25, -0.2) is 0 Å². The summed E-state index contributed by atoms with van der Waals surface area (Å²) in [6.07, 6.45) is 0.785. The minimum atomic E-state index is -0.765. The van der Waals surface area contributed by atoms with Crippen molar-refractivity contribution in [2.24, 2.45) is 0 Å². The topological polar surface area (TPSA) is 47.3 Å². The molecule has 2 aromatic rings. The molecule has 0 aliphatic rings. The first-order chi connectivity index (χ1) is 8.17. The Hall–Kier alpha value is -1.04. The van der Waals surface area contributed by atoms with Crippen LogP contribution in [-0.4, -0.2) is 22.0 Å². The standard InChI is InChI=1S/C11H13ClN2O2S/c1-3-14-10(8(12)5-13-14)11(15)9-4-7(16-2)6-17-9/h4-6,11,15H,3H2,1-2H3. The quantitative estimate of drug-likeness (QED) is 0.931. The summed E-state index contributed by atoms with van der Waals surface area (Å²) in [4.78, 5) is 0.791. The first-order valence-electron chi connectivity index (χ1n) is 5.19. The average Bonchev–Trinajstić information content (AvgIpc) is 2.94. The van der Waals surface area contributed by atoms with E-state index < -0.39 is 6.10 Å². The summed E-state index contributed by atoms with van der Waals surface area (Å²) in [6, 6.07) is 1.80. The van der Waals surface area contributed by atoms with E-state index in [0.717, 1.165) is 10.6 Å². The zero-order chi connectivity index (χ0) is 12.4. The smallest absolute Gasteiger partial charge is 0.131 e. The van der Waals surface area contributed by atoms with E-state index in [2.05, 4.69) is 5.10 Å². The van der Waals surface area contributed by atoms with Crippen LogP contribution in [0.2, 0.25) is 5.02 Å². The third kappa shape index (κ3) is 2.31. The summed E-state index contributed by atoms with van der Waals surface area (Å²) >= 11 is 7.47. The molecule has 2 aromatic heterocycles. The number of ether oxygens (including phenoxy) is 1. The van der Waals surface area contributed by atoms with Gasteiger partial charge in [-0.3, -0.25) is 4.68 Å². The normalized spacial score (nSPS) is 12.7. The van der Waals surface area contributed by atoms with E-state index in [4.69, 9.17) is 16.3 Å². The number of rotatable bonds is 4. The van der Waals surface area contributed by atoms with Gasteiger partial charge >= 0.3 is 0 Å². The van der Waals surface area contributed by atoms with Gasteiger partial charge in [-0.1, -0.05) is 11.6 Å². The molecule has 6 heteroatoms. The van der Waals surface area contributed by atoms with Crippen molar-refractivity contribution in [3.05, 3.63) is 33.2 Å². The van der Waals surface area contributed by atoms with Crippen molar-refractivity contribution < 1.29 is 9.84 Å². The molecule has 0 spiro atoms. The first kappa shape index (κ1) is 12.4. The van der Waals surface area contributed by atoms with Crippen LogP contribution in [0, 0.1) is 0 Å². The van der Waals surface area contributed by atoms with Crippen molar-refractivity contribution in [2.45, 2.75) is 19.6 Å². The fraction of sp³-hybridized carbons (Fsp3) is 0.364. The Kier molecular flexibility index (Phi) is 3.71. The molecule has 0 aliphatic carbocycles. The molecule has 0 bridgehead atoms. The molecule has 0 saturated heterocycles. The lowest BCUT2D eigenvalue weighted by atomic mass is 10.2. The number of thiophene rings is 1. The van der Waals surface area contributed by atoms with Gasteiger partial charge in [0.15, 0.2) is 0 Å². The van der Waals surface area contributed by atoms with Crippen molar-refractivity contribution >= 4 is 22.9 Å². The Morgan fingerprint density at radius 1 is 1.65 bits per heavy atom. The molecule has 1 atom stereocenters. The molecule has 0 saturated carbocycles. The van der Waals surface area contributed by atoms with E-state index >= 15 is 0 Å². The molecule has 1 N–H and O–H groups in total. The average molecular weight is 273 g/mol. The summed E-state index contributed by atoms with van der Waals surface area (Å²) < 4.78 is 6.79. The van der Waals surface area contributed by atoms with Crippen LogP contribution in [0.3, 0.4) is 0 Å². The summed E-state index contributed by atoms with van der Waals surface area (Å²) in [5.74, 6) is 0.739. The molecule has 92 valence electrons. The van der Waals surface area contributed by atoms with E-state index in [-0.39, 0.29) is 0 Å². The molecule has 1 unspecified atom stereocenters. The van der Waals surface area contributed by atoms with Gasteiger partial charge in [0.2, 0.25) is 0 Å². The monoisotopic (exact) mass is 272 g/mol. The van der Waals surface area contributed by atoms with Gasteiger partial charge in [0.25, 0.3) is 0 Å². The number of aryl methyl sites for hydroxylation is 1. The van der Waals surface area contributed by atoms with E-state index in [9.17, 15) is 5.11 Å². The second-order valence-corrected chi connectivity index (χ2v) is 4.83. The van der Waals surface area contributed by atoms with Crippen LogP contribution in [0.15, 0.2) is 17.6 Å². The fourth-order valence-electron chi connectivity index (χ4n) is 1.62. The Bertz CT molecular complexity index is 509. The van der Waals surface area contributed by atoms with Crippen molar-refractivity contribution in [3.63, 3.8) is 0 Å². The Labute approximate surface area is 108 Å². The molecular weight excluding hydrogens is 260 g/mol. The molecule has 2 rings (SSSR count). The second-order valence-electron chi connectivity index (χ2n) is 3.48. The maximum atomic E-state index is 10.3. The van der Waals surface area contributed by atoms with E-state index in [0.29, 0.717) is 17.3 Å². The maximum absolute atomic E-state index is 10.3. The number of aliphatic hydroxyl groups excluding tert-OH is 1. The molecule has 0 amide bonds.